The maximum Gasteiger partial charge on any atom is 0.351 e. The molecular weight excluding hydrogens is 284 g/mol. The number of nitro groups is 1. The molecule has 106 valence electrons. The van der Waals surface area contributed by atoms with Gasteiger partial charge < -0.3 is 10.2 Å². The number of Topliss-reactive ketones (excluding diaryl/α,β-unsaturated/α-hetero) is 1. The Kier molecular flexibility index (Phi) is 4.19. The van der Waals surface area contributed by atoms with E-state index in [0.717, 1.165) is 6.42 Å². The Balaban J connectivity index is 2.48. The number of carbonyl (C=O) groups excluding carboxylic acids is 1. The molecule has 20 heavy (non-hydrogen) atoms. The molecule has 0 amide bonds. The topological polar surface area (TPSA) is 88.4 Å². The van der Waals surface area contributed by atoms with Crippen LogP contribution in [-0.4, -0.2) is 28.8 Å². The molecule has 0 unspecified atom stereocenters. The Morgan fingerprint density at radius 3 is 2.85 bits per heavy atom. The second-order valence-corrected chi connectivity index (χ2v) is 4.67. The summed E-state index contributed by atoms with van der Waals surface area (Å²) in [7, 11) is 0. The molecule has 0 atom stereocenters. The van der Waals surface area contributed by atoms with Crippen molar-refractivity contribution in [3.63, 3.8) is 0 Å². The summed E-state index contributed by atoms with van der Waals surface area (Å²) in [6.45, 7) is 2.33. The molecule has 1 aliphatic heterocycles. The third-order valence-corrected chi connectivity index (χ3v) is 3.11. The van der Waals surface area contributed by atoms with Gasteiger partial charge in [-0.2, -0.15) is 0 Å². The first-order valence-corrected chi connectivity index (χ1v) is 6.41. The molecule has 8 heteroatoms. The van der Waals surface area contributed by atoms with E-state index in [0.29, 0.717) is 23.9 Å². The molecule has 0 bridgehead atoms. The van der Waals surface area contributed by atoms with E-state index in [4.69, 9.17) is 11.6 Å². The van der Waals surface area contributed by atoms with Gasteiger partial charge in [0.2, 0.25) is 5.78 Å². The Morgan fingerprint density at radius 2 is 2.30 bits per heavy atom. The van der Waals surface area contributed by atoms with E-state index in [9.17, 15) is 14.9 Å². The number of rotatable bonds is 3. The number of nitrogens with one attached hydrogen (secondary N) is 1. The SMILES string of the molecule is CC(=O)C(=C1NCCCN1c1ccc(Cl)nc1)[N+](=O)[O-]. The maximum absolute atomic E-state index is 11.5. The van der Waals surface area contributed by atoms with Gasteiger partial charge in [-0.1, -0.05) is 11.6 Å². The highest BCUT2D eigenvalue weighted by Crippen LogP contribution is 2.23. The quantitative estimate of drug-likeness (QED) is 0.394. The van der Waals surface area contributed by atoms with Crippen molar-refractivity contribution in [3.8, 4) is 0 Å². The highest BCUT2D eigenvalue weighted by molar-refractivity contribution is 6.29. The van der Waals surface area contributed by atoms with E-state index < -0.39 is 16.4 Å². The van der Waals surface area contributed by atoms with Crippen LogP contribution in [0.5, 0.6) is 0 Å². The zero-order chi connectivity index (χ0) is 14.7. The van der Waals surface area contributed by atoms with Gasteiger partial charge in [-0.15, -0.1) is 0 Å². The fourth-order valence-corrected chi connectivity index (χ4v) is 2.14. The normalized spacial score (nSPS) is 17.4. The van der Waals surface area contributed by atoms with Gasteiger partial charge >= 0.3 is 5.70 Å². The van der Waals surface area contributed by atoms with Gasteiger partial charge in [0.1, 0.15) is 5.15 Å². The average molecular weight is 297 g/mol. The van der Waals surface area contributed by atoms with Crippen LogP contribution in [-0.2, 0) is 4.79 Å². The molecule has 0 saturated carbocycles. The summed E-state index contributed by atoms with van der Waals surface area (Å²) in [6, 6.07) is 3.31. The molecule has 0 aromatic carbocycles. The van der Waals surface area contributed by atoms with Crippen molar-refractivity contribution in [2.24, 2.45) is 0 Å². The second-order valence-electron chi connectivity index (χ2n) is 4.28. The second kappa shape index (κ2) is 5.87. The molecule has 2 heterocycles. The highest BCUT2D eigenvalue weighted by Gasteiger charge is 2.30. The first-order chi connectivity index (χ1) is 9.50. The summed E-state index contributed by atoms with van der Waals surface area (Å²) in [5.74, 6) is -0.385. The Hall–Kier alpha value is -2.15. The molecular formula is C12H13ClN4O3. The number of allylic oxidation sites excluding steroid dienone is 1. The van der Waals surface area contributed by atoms with Crippen LogP contribution in [0.25, 0.3) is 0 Å². The lowest BCUT2D eigenvalue weighted by atomic mass is 10.2. The van der Waals surface area contributed by atoms with Crippen molar-refractivity contribution in [1.82, 2.24) is 10.3 Å². The van der Waals surface area contributed by atoms with Crippen LogP contribution in [0.2, 0.25) is 5.15 Å². The molecule has 1 N–H and O–H groups in total. The Bertz CT molecular complexity index is 555. The monoisotopic (exact) mass is 296 g/mol. The largest absolute Gasteiger partial charge is 0.366 e. The lowest BCUT2D eigenvalue weighted by molar-refractivity contribution is -0.420. The summed E-state index contributed by atoms with van der Waals surface area (Å²) in [6.07, 6.45) is 2.32. The van der Waals surface area contributed by atoms with E-state index in [1.54, 1.807) is 17.0 Å². The minimum atomic E-state index is -0.660. The summed E-state index contributed by atoms with van der Waals surface area (Å²) in [4.78, 5) is 27.6. The van der Waals surface area contributed by atoms with E-state index in [1.807, 2.05) is 0 Å². The zero-order valence-electron chi connectivity index (χ0n) is 10.8. The number of hydrogen-bond acceptors (Lipinski definition) is 6. The molecule has 1 fully saturated rings. The standard InChI is InChI=1S/C12H13ClN4O3/c1-8(18)11(17(19)20)12-14-5-2-6-16(12)9-3-4-10(13)15-7-9/h3-4,7,14H,2,5-6H2,1H3. The van der Waals surface area contributed by atoms with Crippen molar-refractivity contribution in [2.45, 2.75) is 13.3 Å². The maximum atomic E-state index is 11.5. The lowest BCUT2D eigenvalue weighted by Crippen LogP contribution is -2.42. The molecule has 1 aliphatic rings. The molecule has 7 nitrogen and oxygen atoms in total. The molecule has 0 aliphatic carbocycles. The Labute approximate surface area is 120 Å². The van der Waals surface area contributed by atoms with Gasteiger partial charge in [-0.25, -0.2) is 4.98 Å². The van der Waals surface area contributed by atoms with Crippen LogP contribution in [0.1, 0.15) is 13.3 Å². The van der Waals surface area contributed by atoms with Crippen LogP contribution in [0.15, 0.2) is 29.8 Å². The summed E-state index contributed by atoms with van der Waals surface area (Å²) >= 11 is 5.73. The van der Waals surface area contributed by atoms with Gasteiger partial charge in [-0.3, -0.25) is 14.9 Å². The van der Waals surface area contributed by atoms with Crippen molar-refractivity contribution in [2.75, 3.05) is 18.0 Å². The number of nitrogens with zero attached hydrogens (tertiary/aromatic N) is 3. The third kappa shape index (κ3) is 2.88. The third-order valence-electron chi connectivity index (χ3n) is 2.88. The van der Waals surface area contributed by atoms with Crippen LogP contribution in [0.3, 0.4) is 0 Å². The molecule has 2 rings (SSSR count). The number of pyridine rings is 1. The first-order valence-electron chi connectivity index (χ1n) is 6.03. The average Bonchev–Trinajstić information content (AvgIpc) is 2.39. The molecule has 1 saturated heterocycles. The fourth-order valence-electron chi connectivity index (χ4n) is 2.03. The lowest BCUT2D eigenvalue weighted by Gasteiger charge is -2.31. The number of hydrogen-bond donors (Lipinski definition) is 1. The van der Waals surface area contributed by atoms with E-state index in [1.165, 1.54) is 13.1 Å². The van der Waals surface area contributed by atoms with Gasteiger partial charge in [0.15, 0.2) is 5.82 Å². The number of ketones is 1. The van der Waals surface area contributed by atoms with Crippen LogP contribution < -0.4 is 10.2 Å². The van der Waals surface area contributed by atoms with Crippen LogP contribution in [0.4, 0.5) is 5.69 Å². The van der Waals surface area contributed by atoms with E-state index >= 15 is 0 Å². The molecule has 0 spiro atoms. The van der Waals surface area contributed by atoms with E-state index in [2.05, 4.69) is 10.3 Å². The molecule has 1 aromatic rings. The van der Waals surface area contributed by atoms with Crippen LogP contribution in [0, 0.1) is 10.1 Å². The highest BCUT2D eigenvalue weighted by atomic mass is 35.5. The van der Waals surface area contributed by atoms with Crippen molar-refractivity contribution in [1.29, 1.82) is 0 Å². The van der Waals surface area contributed by atoms with Gasteiger partial charge in [0, 0.05) is 20.0 Å². The molecule has 0 radical (unpaired) electrons. The number of halogens is 1. The predicted octanol–water partition coefficient (Wildman–Crippen LogP) is 1.57. The summed E-state index contributed by atoms with van der Waals surface area (Å²) < 4.78 is 0. The zero-order valence-corrected chi connectivity index (χ0v) is 11.6. The number of anilines is 1. The fraction of sp³-hybridized carbons (Fsp3) is 0.333. The van der Waals surface area contributed by atoms with Gasteiger partial charge in [0.25, 0.3) is 0 Å². The van der Waals surface area contributed by atoms with Gasteiger partial charge in [-0.05, 0) is 18.6 Å². The predicted molar refractivity (Wildman–Crippen MR) is 73.9 cm³/mol. The minimum absolute atomic E-state index is 0.206. The number of carbonyl (C=O) groups is 1. The molecule has 1 aromatic heterocycles. The van der Waals surface area contributed by atoms with Crippen molar-refractivity contribution >= 4 is 23.1 Å². The van der Waals surface area contributed by atoms with E-state index in [-0.39, 0.29) is 5.82 Å². The van der Waals surface area contributed by atoms with Crippen LogP contribution >= 0.6 is 11.6 Å². The summed E-state index contributed by atoms with van der Waals surface area (Å²) in [5.41, 5.74) is 0.205. The smallest absolute Gasteiger partial charge is 0.351 e. The number of aromatic nitrogens is 1. The first kappa shape index (κ1) is 14.3. The summed E-state index contributed by atoms with van der Waals surface area (Å²) in [5, 5.41) is 14.4. The minimum Gasteiger partial charge on any atom is -0.366 e. The van der Waals surface area contributed by atoms with Crippen molar-refractivity contribution in [3.05, 3.63) is 45.1 Å². The van der Waals surface area contributed by atoms with Crippen molar-refractivity contribution < 1.29 is 9.72 Å². The Morgan fingerprint density at radius 1 is 1.55 bits per heavy atom. The van der Waals surface area contributed by atoms with Gasteiger partial charge in [0.05, 0.1) is 16.8 Å².